The Morgan fingerprint density at radius 3 is 2.62 bits per heavy atom. The van der Waals surface area contributed by atoms with Gasteiger partial charge < -0.3 is 10.4 Å². The molecule has 0 aliphatic carbocycles. The van der Waals surface area contributed by atoms with Crippen LogP contribution in [0.2, 0.25) is 0 Å². The van der Waals surface area contributed by atoms with Crippen LogP contribution in [0.15, 0.2) is 36.5 Å². The van der Waals surface area contributed by atoms with E-state index in [-0.39, 0.29) is 17.6 Å². The van der Waals surface area contributed by atoms with E-state index in [4.69, 9.17) is 5.11 Å². The normalized spacial score (nSPS) is 12.2. The Labute approximate surface area is 120 Å². The van der Waals surface area contributed by atoms with Crippen LogP contribution < -0.4 is 5.32 Å². The SMILES string of the molecule is CC(NC(=O)c1cn[nH]n1)c1ccc(/C=C/C(=O)O)cc1. The molecule has 108 valence electrons. The molecule has 0 saturated carbocycles. The van der Waals surface area contributed by atoms with Crippen LogP contribution in [0.4, 0.5) is 0 Å². The highest BCUT2D eigenvalue weighted by molar-refractivity contribution is 5.92. The second-order valence-corrected chi connectivity index (χ2v) is 4.39. The Balaban J connectivity index is 2.01. The number of aliphatic carboxylic acids is 1. The zero-order valence-corrected chi connectivity index (χ0v) is 11.3. The van der Waals surface area contributed by atoms with E-state index in [1.807, 2.05) is 19.1 Å². The fraction of sp³-hybridized carbons (Fsp3) is 0.143. The Kier molecular flexibility index (Phi) is 4.45. The number of amides is 1. The van der Waals surface area contributed by atoms with Crippen molar-refractivity contribution in [2.45, 2.75) is 13.0 Å². The number of carboxylic acid groups (broad SMARTS) is 1. The van der Waals surface area contributed by atoms with Crippen molar-refractivity contribution in [2.24, 2.45) is 0 Å². The zero-order valence-electron chi connectivity index (χ0n) is 11.3. The fourth-order valence-electron chi connectivity index (χ4n) is 1.73. The van der Waals surface area contributed by atoms with Crippen molar-refractivity contribution in [3.63, 3.8) is 0 Å². The first kappa shape index (κ1) is 14.4. The minimum atomic E-state index is -0.993. The van der Waals surface area contributed by atoms with Gasteiger partial charge in [0.25, 0.3) is 5.91 Å². The van der Waals surface area contributed by atoms with Crippen LogP contribution in [0, 0.1) is 0 Å². The van der Waals surface area contributed by atoms with Gasteiger partial charge in [-0.2, -0.15) is 15.4 Å². The molecule has 1 heterocycles. The van der Waals surface area contributed by atoms with Crippen molar-refractivity contribution >= 4 is 18.0 Å². The van der Waals surface area contributed by atoms with Gasteiger partial charge in [-0.25, -0.2) is 4.79 Å². The van der Waals surface area contributed by atoms with Crippen molar-refractivity contribution in [1.29, 1.82) is 0 Å². The summed E-state index contributed by atoms with van der Waals surface area (Å²) in [4.78, 5) is 22.3. The van der Waals surface area contributed by atoms with E-state index in [0.717, 1.165) is 17.2 Å². The minimum absolute atomic E-state index is 0.202. The third-order valence-electron chi connectivity index (χ3n) is 2.85. The molecule has 3 N–H and O–H groups in total. The van der Waals surface area contributed by atoms with Gasteiger partial charge in [0.15, 0.2) is 5.69 Å². The maximum Gasteiger partial charge on any atom is 0.328 e. The molecule has 0 radical (unpaired) electrons. The van der Waals surface area contributed by atoms with E-state index in [0.29, 0.717) is 0 Å². The summed E-state index contributed by atoms with van der Waals surface area (Å²) in [6.07, 6.45) is 3.93. The molecule has 2 rings (SSSR count). The average molecular weight is 286 g/mol. The molecule has 1 atom stereocenters. The minimum Gasteiger partial charge on any atom is -0.478 e. The average Bonchev–Trinajstić information content (AvgIpc) is 3.00. The molecule has 0 spiro atoms. The number of hydrogen-bond donors (Lipinski definition) is 3. The number of hydrogen-bond acceptors (Lipinski definition) is 4. The van der Waals surface area contributed by atoms with Crippen LogP contribution in [-0.2, 0) is 4.79 Å². The van der Waals surface area contributed by atoms with Crippen molar-refractivity contribution in [3.05, 3.63) is 53.4 Å². The molecule has 0 saturated heterocycles. The number of rotatable bonds is 5. The van der Waals surface area contributed by atoms with E-state index in [9.17, 15) is 9.59 Å². The predicted octanol–water partition coefficient (Wildman–Crippen LogP) is 1.39. The molecular formula is C14H14N4O3. The third kappa shape index (κ3) is 4.00. The van der Waals surface area contributed by atoms with Gasteiger partial charge in [0.2, 0.25) is 0 Å². The Morgan fingerprint density at radius 2 is 2.05 bits per heavy atom. The maximum absolute atomic E-state index is 11.8. The zero-order chi connectivity index (χ0) is 15.2. The van der Waals surface area contributed by atoms with Crippen molar-refractivity contribution in [2.75, 3.05) is 0 Å². The van der Waals surface area contributed by atoms with Crippen molar-refractivity contribution in [3.8, 4) is 0 Å². The topological polar surface area (TPSA) is 108 Å². The van der Waals surface area contributed by atoms with E-state index in [2.05, 4.69) is 20.7 Å². The molecule has 0 aliphatic rings. The first-order chi connectivity index (χ1) is 10.1. The summed E-state index contributed by atoms with van der Waals surface area (Å²) in [7, 11) is 0. The second-order valence-electron chi connectivity index (χ2n) is 4.39. The van der Waals surface area contributed by atoms with Gasteiger partial charge in [-0.15, -0.1) is 0 Å². The summed E-state index contributed by atoms with van der Waals surface area (Å²) >= 11 is 0. The van der Waals surface area contributed by atoms with Gasteiger partial charge in [-0.3, -0.25) is 4.79 Å². The van der Waals surface area contributed by atoms with Crippen LogP contribution in [0.5, 0.6) is 0 Å². The quantitative estimate of drug-likeness (QED) is 0.720. The number of carbonyl (C=O) groups is 2. The monoisotopic (exact) mass is 286 g/mol. The standard InChI is InChI=1S/C14H14N4O3/c1-9(16-14(21)12-8-15-18-17-12)11-5-2-10(3-6-11)4-7-13(19)20/h2-9H,1H3,(H,16,21)(H,19,20)(H,15,17,18)/b7-4+. The first-order valence-corrected chi connectivity index (χ1v) is 6.24. The number of aromatic nitrogens is 3. The van der Waals surface area contributed by atoms with Crippen molar-refractivity contribution in [1.82, 2.24) is 20.7 Å². The fourth-order valence-corrected chi connectivity index (χ4v) is 1.73. The number of benzene rings is 1. The number of aromatic amines is 1. The molecular weight excluding hydrogens is 272 g/mol. The van der Waals surface area contributed by atoms with Crippen molar-refractivity contribution < 1.29 is 14.7 Å². The van der Waals surface area contributed by atoms with Crippen LogP contribution in [-0.4, -0.2) is 32.4 Å². The summed E-state index contributed by atoms with van der Waals surface area (Å²) in [6.45, 7) is 1.85. The third-order valence-corrected chi connectivity index (χ3v) is 2.85. The maximum atomic E-state index is 11.8. The van der Waals surface area contributed by atoms with Gasteiger partial charge >= 0.3 is 5.97 Å². The van der Waals surface area contributed by atoms with Gasteiger partial charge in [-0.1, -0.05) is 24.3 Å². The summed E-state index contributed by atoms with van der Waals surface area (Å²) < 4.78 is 0. The van der Waals surface area contributed by atoms with Gasteiger partial charge in [0, 0.05) is 6.08 Å². The first-order valence-electron chi connectivity index (χ1n) is 6.24. The number of carboxylic acids is 1. The lowest BCUT2D eigenvalue weighted by Crippen LogP contribution is -2.26. The molecule has 1 unspecified atom stereocenters. The van der Waals surface area contributed by atoms with Gasteiger partial charge in [0.1, 0.15) is 0 Å². The Hall–Kier alpha value is -2.96. The predicted molar refractivity (Wildman–Crippen MR) is 75.4 cm³/mol. The summed E-state index contributed by atoms with van der Waals surface area (Å²) in [5.74, 6) is -1.31. The summed E-state index contributed by atoms with van der Waals surface area (Å²) in [5.41, 5.74) is 1.90. The van der Waals surface area contributed by atoms with Crippen LogP contribution >= 0.6 is 0 Å². The molecule has 2 aromatic rings. The van der Waals surface area contributed by atoms with E-state index < -0.39 is 5.97 Å². The van der Waals surface area contributed by atoms with Crippen LogP contribution in [0.25, 0.3) is 6.08 Å². The Morgan fingerprint density at radius 1 is 1.33 bits per heavy atom. The number of nitrogens with zero attached hydrogens (tertiary/aromatic N) is 2. The lowest BCUT2D eigenvalue weighted by molar-refractivity contribution is -0.131. The number of nitrogens with one attached hydrogen (secondary N) is 2. The highest BCUT2D eigenvalue weighted by Gasteiger charge is 2.13. The molecule has 7 nitrogen and oxygen atoms in total. The highest BCUT2D eigenvalue weighted by atomic mass is 16.4. The second kappa shape index (κ2) is 6.47. The molecule has 1 aromatic carbocycles. The number of carbonyl (C=O) groups excluding carboxylic acids is 1. The summed E-state index contributed by atoms with van der Waals surface area (Å²) in [6, 6.07) is 7.03. The van der Waals surface area contributed by atoms with Crippen LogP contribution in [0.3, 0.4) is 0 Å². The molecule has 0 fully saturated rings. The number of H-pyrrole nitrogens is 1. The largest absolute Gasteiger partial charge is 0.478 e. The highest BCUT2D eigenvalue weighted by Crippen LogP contribution is 2.14. The van der Waals surface area contributed by atoms with E-state index in [1.165, 1.54) is 12.3 Å². The lowest BCUT2D eigenvalue weighted by atomic mass is 10.1. The van der Waals surface area contributed by atoms with Gasteiger partial charge in [-0.05, 0) is 24.1 Å². The molecule has 7 heteroatoms. The van der Waals surface area contributed by atoms with E-state index in [1.54, 1.807) is 12.1 Å². The molecule has 1 aromatic heterocycles. The molecule has 1 amide bonds. The smallest absolute Gasteiger partial charge is 0.328 e. The lowest BCUT2D eigenvalue weighted by Gasteiger charge is -2.13. The van der Waals surface area contributed by atoms with E-state index >= 15 is 0 Å². The molecule has 0 bridgehead atoms. The molecule has 0 aliphatic heterocycles. The van der Waals surface area contributed by atoms with Crippen LogP contribution in [0.1, 0.15) is 34.6 Å². The molecule has 21 heavy (non-hydrogen) atoms. The van der Waals surface area contributed by atoms with Gasteiger partial charge in [0.05, 0.1) is 12.2 Å². The summed E-state index contributed by atoms with van der Waals surface area (Å²) in [5, 5.41) is 21.0. The Bertz CT molecular complexity index is 647.